The van der Waals surface area contributed by atoms with Crippen molar-refractivity contribution in [2.75, 3.05) is 20.2 Å². The molecule has 0 unspecified atom stereocenters. The van der Waals surface area contributed by atoms with Crippen LogP contribution in [0, 0.1) is 11.7 Å². The van der Waals surface area contributed by atoms with Gasteiger partial charge in [-0.3, -0.25) is 9.59 Å². The van der Waals surface area contributed by atoms with Crippen LogP contribution in [0.3, 0.4) is 0 Å². The molecule has 2 aromatic carbocycles. The van der Waals surface area contributed by atoms with Crippen LogP contribution in [0.15, 0.2) is 54.6 Å². The number of ether oxygens (including phenoxy) is 1. The Kier molecular flexibility index (Phi) is 7.97. The summed E-state index contributed by atoms with van der Waals surface area (Å²) in [6.07, 6.45) is 2.48. The summed E-state index contributed by atoms with van der Waals surface area (Å²) >= 11 is 0. The molecule has 0 radical (unpaired) electrons. The fourth-order valence-corrected chi connectivity index (χ4v) is 3.84. The summed E-state index contributed by atoms with van der Waals surface area (Å²) in [5.74, 6) is 0.152. The number of hydrogen-bond donors (Lipinski definition) is 1. The summed E-state index contributed by atoms with van der Waals surface area (Å²) in [6.45, 7) is 1.78. The first kappa shape index (κ1) is 22.0. The molecule has 1 aliphatic heterocycles. The maximum absolute atomic E-state index is 12.9. The molecule has 1 N–H and O–H groups in total. The minimum absolute atomic E-state index is 0.000749. The Morgan fingerprint density at radius 1 is 1.10 bits per heavy atom. The van der Waals surface area contributed by atoms with Crippen molar-refractivity contribution in [3.63, 3.8) is 0 Å². The van der Waals surface area contributed by atoms with Gasteiger partial charge in [0.2, 0.25) is 5.91 Å². The fourth-order valence-electron chi connectivity index (χ4n) is 3.84. The molecule has 1 heterocycles. The van der Waals surface area contributed by atoms with E-state index in [1.807, 2.05) is 35.2 Å². The predicted octanol–water partition coefficient (Wildman–Crippen LogP) is 3.85. The van der Waals surface area contributed by atoms with Gasteiger partial charge in [0, 0.05) is 33.2 Å². The van der Waals surface area contributed by atoms with E-state index in [0.717, 1.165) is 30.4 Å². The van der Waals surface area contributed by atoms with Crippen molar-refractivity contribution in [2.24, 2.45) is 5.92 Å². The van der Waals surface area contributed by atoms with Gasteiger partial charge in [0.25, 0.3) is 5.91 Å². The lowest BCUT2D eigenvalue weighted by atomic mass is 9.91. The fraction of sp³-hybridized carbons (Fsp3) is 0.417. The second kappa shape index (κ2) is 10.9. The number of piperidine rings is 1. The van der Waals surface area contributed by atoms with E-state index in [0.29, 0.717) is 32.0 Å². The van der Waals surface area contributed by atoms with Crippen LogP contribution in [0.5, 0.6) is 0 Å². The number of nitrogens with zero attached hydrogens (tertiary/aromatic N) is 1. The molecule has 160 valence electrons. The Labute approximate surface area is 177 Å². The molecule has 0 spiro atoms. The van der Waals surface area contributed by atoms with Crippen LogP contribution < -0.4 is 5.32 Å². The van der Waals surface area contributed by atoms with Crippen LogP contribution in [0.2, 0.25) is 0 Å². The Bertz CT molecular complexity index is 818. The number of carbonyl (C=O) groups excluding carboxylic acids is 2. The van der Waals surface area contributed by atoms with E-state index in [1.165, 1.54) is 12.1 Å². The molecular formula is C24H29FN2O3. The summed E-state index contributed by atoms with van der Waals surface area (Å²) in [7, 11) is 1.56. The number of amides is 2. The first-order chi connectivity index (χ1) is 14.6. The van der Waals surface area contributed by atoms with Crippen LogP contribution in [0.25, 0.3) is 0 Å². The maximum atomic E-state index is 12.9. The van der Waals surface area contributed by atoms with Gasteiger partial charge in [0.1, 0.15) is 5.82 Å². The zero-order valence-corrected chi connectivity index (χ0v) is 17.4. The van der Waals surface area contributed by atoms with Crippen LogP contribution in [0.1, 0.15) is 42.9 Å². The molecule has 2 amide bonds. The van der Waals surface area contributed by atoms with Gasteiger partial charge in [-0.15, -0.1) is 0 Å². The number of hydrogen-bond acceptors (Lipinski definition) is 3. The van der Waals surface area contributed by atoms with Gasteiger partial charge in [-0.05, 0) is 48.4 Å². The monoisotopic (exact) mass is 412 g/mol. The second-order valence-corrected chi connectivity index (χ2v) is 7.74. The first-order valence-corrected chi connectivity index (χ1v) is 10.4. The highest BCUT2D eigenvalue weighted by atomic mass is 19.1. The zero-order chi connectivity index (χ0) is 21.3. The quantitative estimate of drug-likeness (QED) is 0.717. The van der Waals surface area contributed by atoms with Gasteiger partial charge in [-0.2, -0.15) is 0 Å². The highest BCUT2D eigenvalue weighted by Gasteiger charge is 2.29. The van der Waals surface area contributed by atoms with E-state index in [2.05, 4.69) is 5.32 Å². The minimum atomic E-state index is -0.569. The summed E-state index contributed by atoms with van der Waals surface area (Å²) in [4.78, 5) is 26.8. The standard InChI is InChI=1S/C24H29FN2O3/c1-30-23(20-5-3-2-4-6-20)24(29)27-15-13-18(14-16-27)9-12-22(28)26-17-19-7-10-21(25)11-8-19/h2-8,10-11,18,23H,9,12-17H2,1H3,(H,26,28)/t23-/m0/s1. The molecule has 0 saturated carbocycles. The first-order valence-electron chi connectivity index (χ1n) is 10.4. The van der Waals surface area contributed by atoms with E-state index in [9.17, 15) is 14.0 Å². The van der Waals surface area contributed by atoms with E-state index in [1.54, 1.807) is 19.2 Å². The van der Waals surface area contributed by atoms with Crippen molar-refractivity contribution in [1.82, 2.24) is 10.2 Å². The Balaban J connectivity index is 1.39. The van der Waals surface area contributed by atoms with E-state index >= 15 is 0 Å². The molecule has 5 nitrogen and oxygen atoms in total. The number of methoxy groups -OCH3 is 1. The minimum Gasteiger partial charge on any atom is -0.367 e. The largest absolute Gasteiger partial charge is 0.367 e. The van der Waals surface area contributed by atoms with Crippen LogP contribution in [-0.2, 0) is 20.9 Å². The summed E-state index contributed by atoms with van der Waals surface area (Å²) < 4.78 is 18.4. The van der Waals surface area contributed by atoms with Gasteiger partial charge in [-0.25, -0.2) is 4.39 Å². The van der Waals surface area contributed by atoms with Gasteiger partial charge in [0.05, 0.1) is 0 Å². The van der Waals surface area contributed by atoms with Crippen molar-refractivity contribution in [1.29, 1.82) is 0 Å². The van der Waals surface area contributed by atoms with Crippen LogP contribution >= 0.6 is 0 Å². The third-order valence-corrected chi connectivity index (χ3v) is 5.67. The molecule has 0 aliphatic carbocycles. The molecule has 3 rings (SSSR count). The number of likely N-dealkylation sites (tertiary alicyclic amines) is 1. The van der Waals surface area contributed by atoms with Gasteiger partial charge >= 0.3 is 0 Å². The second-order valence-electron chi connectivity index (χ2n) is 7.74. The highest BCUT2D eigenvalue weighted by Crippen LogP contribution is 2.26. The number of nitrogens with one attached hydrogen (secondary N) is 1. The highest BCUT2D eigenvalue weighted by molar-refractivity contribution is 5.82. The Morgan fingerprint density at radius 2 is 1.77 bits per heavy atom. The Hall–Kier alpha value is -2.73. The van der Waals surface area contributed by atoms with Gasteiger partial charge in [-0.1, -0.05) is 42.5 Å². The third kappa shape index (κ3) is 6.13. The number of halogens is 1. The molecule has 1 aliphatic rings. The van der Waals surface area contributed by atoms with Gasteiger partial charge < -0.3 is 15.0 Å². The SMILES string of the molecule is CO[C@H](C(=O)N1CCC(CCC(=O)NCc2ccc(F)cc2)CC1)c1ccccc1. The predicted molar refractivity (Wildman–Crippen MR) is 113 cm³/mol. The molecule has 1 saturated heterocycles. The molecule has 30 heavy (non-hydrogen) atoms. The maximum Gasteiger partial charge on any atom is 0.256 e. The van der Waals surface area contributed by atoms with E-state index < -0.39 is 6.10 Å². The molecular weight excluding hydrogens is 383 g/mol. The number of rotatable bonds is 8. The molecule has 6 heteroatoms. The van der Waals surface area contributed by atoms with Crippen LogP contribution in [0.4, 0.5) is 4.39 Å². The molecule has 1 atom stereocenters. The molecule has 2 aromatic rings. The van der Waals surface area contributed by atoms with Crippen molar-refractivity contribution >= 4 is 11.8 Å². The van der Waals surface area contributed by atoms with Crippen molar-refractivity contribution < 1.29 is 18.7 Å². The normalized spacial score (nSPS) is 15.6. The summed E-state index contributed by atoms with van der Waals surface area (Å²) in [5, 5.41) is 2.88. The Morgan fingerprint density at radius 3 is 2.40 bits per heavy atom. The lowest BCUT2D eigenvalue weighted by Gasteiger charge is -2.34. The van der Waals surface area contributed by atoms with Gasteiger partial charge in [0.15, 0.2) is 6.10 Å². The van der Waals surface area contributed by atoms with E-state index in [4.69, 9.17) is 4.74 Å². The molecule has 0 bridgehead atoms. The van der Waals surface area contributed by atoms with E-state index in [-0.39, 0.29) is 17.6 Å². The zero-order valence-electron chi connectivity index (χ0n) is 17.4. The smallest absolute Gasteiger partial charge is 0.256 e. The summed E-state index contributed by atoms with van der Waals surface area (Å²) in [6, 6.07) is 15.7. The number of benzene rings is 2. The lowest BCUT2D eigenvalue weighted by molar-refractivity contribution is -0.144. The lowest BCUT2D eigenvalue weighted by Crippen LogP contribution is -2.41. The average molecular weight is 413 g/mol. The van der Waals surface area contributed by atoms with Crippen molar-refractivity contribution in [2.45, 2.75) is 38.3 Å². The molecule has 0 aromatic heterocycles. The molecule has 1 fully saturated rings. The third-order valence-electron chi connectivity index (χ3n) is 5.67. The van der Waals surface area contributed by atoms with Crippen molar-refractivity contribution in [3.8, 4) is 0 Å². The number of carbonyl (C=O) groups is 2. The van der Waals surface area contributed by atoms with Crippen molar-refractivity contribution in [3.05, 3.63) is 71.5 Å². The topological polar surface area (TPSA) is 58.6 Å². The van der Waals surface area contributed by atoms with Crippen LogP contribution in [-0.4, -0.2) is 36.9 Å². The summed E-state index contributed by atoms with van der Waals surface area (Å²) in [5.41, 5.74) is 1.74. The average Bonchev–Trinajstić information content (AvgIpc) is 2.79.